The summed E-state index contributed by atoms with van der Waals surface area (Å²) in [5, 5.41) is 3.33. The Morgan fingerprint density at radius 1 is 1.26 bits per heavy atom. The molecule has 1 atom stereocenters. The molecular weight excluding hydrogens is 250 g/mol. The lowest BCUT2D eigenvalue weighted by Gasteiger charge is -2.15. The summed E-state index contributed by atoms with van der Waals surface area (Å²) in [6.07, 6.45) is 2.19. The minimum Gasteiger partial charge on any atom is -0.466 e. The zero-order chi connectivity index (χ0) is 14.5. The Morgan fingerprint density at radius 3 is 2.58 bits per heavy atom. The van der Waals surface area contributed by atoms with Crippen LogP contribution in [-0.2, 0) is 19.1 Å². The van der Waals surface area contributed by atoms with Crippen LogP contribution in [0.15, 0.2) is 5.11 Å². The highest BCUT2D eigenvalue weighted by atomic mass is 16.6. The predicted octanol–water partition coefficient (Wildman–Crippen LogP) is 2.74. The number of hydrogen-bond donors (Lipinski definition) is 0. The molecule has 7 heteroatoms. The van der Waals surface area contributed by atoms with Gasteiger partial charge in [0.25, 0.3) is 0 Å². The molecule has 0 aromatic heterocycles. The molecule has 0 heterocycles. The van der Waals surface area contributed by atoms with Crippen LogP contribution < -0.4 is 0 Å². The first-order chi connectivity index (χ1) is 9.13. The Labute approximate surface area is 112 Å². The topological polar surface area (TPSA) is 101 Å². The molecule has 0 N–H and O–H groups in total. The maximum atomic E-state index is 11.5. The maximum absolute atomic E-state index is 11.5. The van der Waals surface area contributed by atoms with E-state index in [0.29, 0.717) is 6.42 Å². The monoisotopic (exact) mass is 271 g/mol. The molecule has 7 nitrogen and oxygen atoms in total. The second-order valence-electron chi connectivity index (χ2n) is 3.99. The van der Waals surface area contributed by atoms with Crippen molar-refractivity contribution in [1.29, 1.82) is 0 Å². The molecule has 0 aliphatic heterocycles. The number of unbranched alkanes of at least 4 members (excludes halogenated alkanes) is 2. The van der Waals surface area contributed by atoms with Gasteiger partial charge in [0.2, 0.25) is 0 Å². The molecule has 0 rings (SSSR count). The van der Waals surface area contributed by atoms with Crippen molar-refractivity contribution >= 4 is 11.9 Å². The summed E-state index contributed by atoms with van der Waals surface area (Å²) in [5.74, 6) is -0.849. The summed E-state index contributed by atoms with van der Waals surface area (Å²) in [6, 6.07) is 0. The highest BCUT2D eigenvalue weighted by molar-refractivity contribution is 5.72. The largest absolute Gasteiger partial charge is 0.466 e. The van der Waals surface area contributed by atoms with Crippen molar-refractivity contribution in [3.8, 4) is 0 Å². The average molecular weight is 271 g/mol. The van der Waals surface area contributed by atoms with Crippen LogP contribution in [0.3, 0.4) is 0 Å². The first-order valence-corrected chi connectivity index (χ1v) is 6.49. The molecule has 0 saturated heterocycles. The smallest absolute Gasteiger partial charge is 0.309 e. The molecule has 1 unspecified atom stereocenters. The fourth-order valence-electron chi connectivity index (χ4n) is 1.44. The van der Waals surface area contributed by atoms with Crippen molar-refractivity contribution in [1.82, 2.24) is 0 Å². The Hall–Kier alpha value is -1.75. The molecule has 0 spiro atoms. The van der Waals surface area contributed by atoms with Crippen molar-refractivity contribution in [2.75, 3.05) is 13.2 Å². The summed E-state index contributed by atoms with van der Waals surface area (Å²) in [5.41, 5.74) is 8.26. The summed E-state index contributed by atoms with van der Waals surface area (Å²) >= 11 is 0. The van der Waals surface area contributed by atoms with Gasteiger partial charge in [-0.25, -0.2) is 0 Å². The third-order valence-electron chi connectivity index (χ3n) is 2.33. The van der Waals surface area contributed by atoms with E-state index in [2.05, 4.69) is 10.0 Å². The Kier molecular flexibility index (Phi) is 10.3. The molecule has 0 fully saturated rings. The molecule has 0 saturated carbocycles. The van der Waals surface area contributed by atoms with E-state index in [1.54, 1.807) is 6.92 Å². The van der Waals surface area contributed by atoms with E-state index in [4.69, 9.17) is 15.0 Å². The summed E-state index contributed by atoms with van der Waals surface area (Å²) in [7, 11) is 0. The molecule has 0 radical (unpaired) electrons. The molecule has 0 amide bonds. The van der Waals surface area contributed by atoms with Crippen molar-refractivity contribution in [2.45, 2.75) is 52.1 Å². The predicted molar refractivity (Wildman–Crippen MR) is 69.3 cm³/mol. The van der Waals surface area contributed by atoms with Crippen LogP contribution in [0.1, 0.15) is 46.0 Å². The van der Waals surface area contributed by atoms with Gasteiger partial charge >= 0.3 is 11.9 Å². The van der Waals surface area contributed by atoms with Gasteiger partial charge in [-0.1, -0.05) is 24.9 Å². The van der Waals surface area contributed by atoms with Gasteiger partial charge in [-0.15, -0.1) is 0 Å². The molecule has 19 heavy (non-hydrogen) atoms. The van der Waals surface area contributed by atoms with Gasteiger partial charge in [-0.05, 0) is 18.9 Å². The van der Waals surface area contributed by atoms with Crippen LogP contribution in [0.5, 0.6) is 0 Å². The number of esters is 2. The molecule has 0 aliphatic rings. The standard InChI is InChI=1S/C12H21N3O4/c1-3-5-6-7-11(16)19-10(9-14-15-13)8-12(17)18-4-2/h10H,3-9H2,1-2H3. The van der Waals surface area contributed by atoms with E-state index in [0.717, 1.165) is 19.3 Å². The van der Waals surface area contributed by atoms with Gasteiger partial charge in [-0.3, -0.25) is 9.59 Å². The lowest BCUT2D eigenvalue weighted by molar-refractivity contribution is -0.154. The highest BCUT2D eigenvalue weighted by Crippen LogP contribution is 2.07. The minimum absolute atomic E-state index is 0.0607. The van der Waals surface area contributed by atoms with Gasteiger partial charge in [0.15, 0.2) is 0 Å². The maximum Gasteiger partial charge on any atom is 0.309 e. The second-order valence-corrected chi connectivity index (χ2v) is 3.99. The number of ether oxygens (including phenoxy) is 2. The fraction of sp³-hybridized carbons (Fsp3) is 0.833. The summed E-state index contributed by atoms with van der Waals surface area (Å²) in [4.78, 5) is 25.4. The van der Waals surface area contributed by atoms with Gasteiger partial charge in [0.05, 0.1) is 19.6 Å². The normalized spacial score (nSPS) is 11.3. The Balaban J connectivity index is 4.21. The van der Waals surface area contributed by atoms with Crippen LogP contribution in [0.25, 0.3) is 10.4 Å². The second kappa shape index (κ2) is 11.3. The number of carbonyl (C=O) groups excluding carboxylic acids is 2. The minimum atomic E-state index is -0.746. The third kappa shape index (κ3) is 9.91. The lowest BCUT2D eigenvalue weighted by atomic mass is 10.2. The average Bonchev–Trinajstić information content (AvgIpc) is 2.36. The summed E-state index contributed by atoms with van der Waals surface area (Å²) < 4.78 is 9.88. The quantitative estimate of drug-likeness (QED) is 0.200. The number of hydrogen-bond acceptors (Lipinski definition) is 5. The fourth-order valence-corrected chi connectivity index (χ4v) is 1.44. The SMILES string of the molecule is CCCCCC(=O)OC(CN=[N+]=[N-])CC(=O)OCC. The van der Waals surface area contributed by atoms with Crippen molar-refractivity contribution < 1.29 is 19.1 Å². The molecule has 0 aromatic rings. The van der Waals surface area contributed by atoms with Crippen molar-refractivity contribution in [2.24, 2.45) is 5.11 Å². The van der Waals surface area contributed by atoms with Crippen LogP contribution >= 0.6 is 0 Å². The molecule has 0 aliphatic carbocycles. The molecule has 0 aromatic carbocycles. The van der Waals surface area contributed by atoms with Gasteiger partial charge in [-0.2, -0.15) is 0 Å². The number of carbonyl (C=O) groups is 2. The first-order valence-electron chi connectivity index (χ1n) is 6.49. The Morgan fingerprint density at radius 2 is 2.00 bits per heavy atom. The van der Waals surface area contributed by atoms with Crippen LogP contribution in [0.4, 0.5) is 0 Å². The van der Waals surface area contributed by atoms with Gasteiger partial charge in [0, 0.05) is 11.3 Å². The van der Waals surface area contributed by atoms with Gasteiger partial charge in [0.1, 0.15) is 6.10 Å². The van der Waals surface area contributed by atoms with Crippen molar-refractivity contribution in [3.63, 3.8) is 0 Å². The van der Waals surface area contributed by atoms with E-state index in [1.165, 1.54) is 0 Å². The lowest BCUT2D eigenvalue weighted by Crippen LogP contribution is -2.25. The van der Waals surface area contributed by atoms with Gasteiger partial charge < -0.3 is 9.47 Å². The molecule has 0 bridgehead atoms. The molecule has 108 valence electrons. The van der Waals surface area contributed by atoms with Crippen molar-refractivity contribution in [3.05, 3.63) is 10.4 Å². The van der Waals surface area contributed by atoms with Crippen LogP contribution in [0.2, 0.25) is 0 Å². The zero-order valence-electron chi connectivity index (χ0n) is 11.5. The molecular formula is C12H21N3O4. The highest BCUT2D eigenvalue weighted by Gasteiger charge is 2.18. The number of azide groups is 1. The third-order valence-corrected chi connectivity index (χ3v) is 2.33. The van der Waals surface area contributed by atoms with Crippen LogP contribution in [0, 0.1) is 0 Å². The van der Waals surface area contributed by atoms with E-state index in [-0.39, 0.29) is 25.5 Å². The van der Waals surface area contributed by atoms with E-state index < -0.39 is 12.1 Å². The number of rotatable bonds is 10. The first kappa shape index (κ1) is 17.2. The summed E-state index contributed by atoms with van der Waals surface area (Å²) in [6.45, 7) is 3.93. The Bertz CT molecular complexity index is 327. The van der Waals surface area contributed by atoms with E-state index in [1.807, 2.05) is 6.92 Å². The number of nitrogens with zero attached hydrogens (tertiary/aromatic N) is 3. The zero-order valence-corrected chi connectivity index (χ0v) is 11.5. The van der Waals surface area contributed by atoms with E-state index in [9.17, 15) is 9.59 Å². The van der Waals surface area contributed by atoms with Crippen LogP contribution in [-0.4, -0.2) is 31.2 Å². The van der Waals surface area contributed by atoms with E-state index >= 15 is 0 Å².